The van der Waals surface area contributed by atoms with Crippen molar-refractivity contribution in [3.8, 4) is 5.75 Å². The standard InChI is InChI=1S/C18H25NO2/c1-6-7-8-19-16-10-17(21-5)14(12-20)9-15(16)13(2)11-18(19,3)4/h9-12H,6-8H2,1-5H3. The van der Waals surface area contributed by atoms with Gasteiger partial charge in [-0.2, -0.15) is 0 Å². The fourth-order valence-corrected chi connectivity index (χ4v) is 3.11. The predicted octanol–water partition coefficient (Wildman–Crippen LogP) is 4.31. The quantitative estimate of drug-likeness (QED) is 0.756. The molecule has 0 amide bonds. The second-order valence-corrected chi connectivity index (χ2v) is 6.22. The molecular weight excluding hydrogens is 262 g/mol. The minimum Gasteiger partial charge on any atom is -0.496 e. The molecule has 0 N–H and O–H groups in total. The van der Waals surface area contributed by atoms with Crippen molar-refractivity contribution in [2.24, 2.45) is 0 Å². The Morgan fingerprint density at radius 2 is 2.05 bits per heavy atom. The zero-order valence-corrected chi connectivity index (χ0v) is 13.7. The van der Waals surface area contributed by atoms with Gasteiger partial charge in [-0.1, -0.05) is 19.4 Å². The molecule has 1 heterocycles. The van der Waals surface area contributed by atoms with Gasteiger partial charge in [0.15, 0.2) is 6.29 Å². The summed E-state index contributed by atoms with van der Waals surface area (Å²) in [5.41, 5.74) is 4.09. The van der Waals surface area contributed by atoms with Crippen LogP contribution in [-0.2, 0) is 0 Å². The number of allylic oxidation sites excluding steroid dienone is 1. The van der Waals surface area contributed by atoms with Gasteiger partial charge in [-0.05, 0) is 38.8 Å². The molecule has 1 aliphatic heterocycles. The van der Waals surface area contributed by atoms with E-state index in [2.05, 4.69) is 38.7 Å². The molecule has 2 rings (SSSR count). The van der Waals surface area contributed by atoms with Gasteiger partial charge in [-0.3, -0.25) is 4.79 Å². The van der Waals surface area contributed by atoms with Crippen molar-refractivity contribution in [2.45, 2.75) is 46.1 Å². The molecule has 0 atom stereocenters. The Balaban J connectivity index is 2.59. The first-order valence-corrected chi connectivity index (χ1v) is 7.59. The molecule has 0 fully saturated rings. The maximum absolute atomic E-state index is 11.2. The number of methoxy groups -OCH3 is 1. The molecule has 0 saturated carbocycles. The zero-order valence-electron chi connectivity index (χ0n) is 13.7. The lowest BCUT2D eigenvalue weighted by atomic mass is 9.87. The number of carbonyl (C=O) groups excluding carboxylic acids is 1. The van der Waals surface area contributed by atoms with Crippen LogP contribution in [-0.4, -0.2) is 25.5 Å². The summed E-state index contributed by atoms with van der Waals surface area (Å²) in [7, 11) is 1.61. The van der Waals surface area contributed by atoms with Gasteiger partial charge in [-0.15, -0.1) is 0 Å². The van der Waals surface area contributed by atoms with E-state index in [1.165, 1.54) is 5.57 Å². The SMILES string of the molecule is CCCCN1c2cc(OC)c(C=O)cc2C(C)=CC1(C)C. The van der Waals surface area contributed by atoms with Gasteiger partial charge in [0.25, 0.3) is 0 Å². The molecule has 0 bridgehead atoms. The molecule has 1 aromatic rings. The lowest BCUT2D eigenvalue weighted by molar-refractivity contribution is 0.112. The summed E-state index contributed by atoms with van der Waals surface area (Å²) >= 11 is 0. The van der Waals surface area contributed by atoms with Crippen LogP contribution in [0.2, 0.25) is 0 Å². The highest BCUT2D eigenvalue weighted by Crippen LogP contribution is 2.41. The van der Waals surface area contributed by atoms with Crippen LogP contribution in [0.25, 0.3) is 5.57 Å². The number of aldehydes is 1. The highest BCUT2D eigenvalue weighted by Gasteiger charge is 2.31. The van der Waals surface area contributed by atoms with E-state index in [1.807, 2.05) is 12.1 Å². The molecule has 0 radical (unpaired) electrons. The topological polar surface area (TPSA) is 29.5 Å². The van der Waals surface area contributed by atoms with Crippen LogP contribution in [0.3, 0.4) is 0 Å². The van der Waals surface area contributed by atoms with E-state index in [0.717, 1.165) is 36.9 Å². The molecule has 3 nitrogen and oxygen atoms in total. The molecule has 0 unspecified atom stereocenters. The fourth-order valence-electron chi connectivity index (χ4n) is 3.11. The van der Waals surface area contributed by atoms with Crippen molar-refractivity contribution < 1.29 is 9.53 Å². The van der Waals surface area contributed by atoms with E-state index in [4.69, 9.17) is 4.74 Å². The lowest BCUT2D eigenvalue weighted by Crippen LogP contribution is -2.45. The van der Waals surface area contributed by atoms with Gasteiger partial charge < -0.3 is 9.64 Å². The molecule has 0 saturated heterocycles. The average Bonchev–Trinajstić information content (AvgIpc) is 2.45. The van der Waals surface area contributed by atoms with Gasteiger partial charge in [0, 0.05) is 23.9 Å². The van der Waals surface area contributed by atoms with Crippen molar-refractivity contribution in [2.75, 3.05) is 18.6 Å². The van der Waals surface area contributed by atoms with Crippen LogP contribution in [0.1, 0.15) is 56.5 Å². The molecule has 21 heavy (non-hydrogen) atoms. The Bertz CT molecular complexity index is 573. The van der Waals surface area contributed by atoms with Gasteiger partial charge >= 0.3 is 0 Å². The van der Waals surface area contributed by atoms with E-state index >= 15 is 0 Å². The van der Waals surface area contributed by atoms with E-state index in [1.54, 1.807) is 7.11 Å². The van der Waals surface area contributed by atoms with Gasteiger partial charge in [0.2, 0.25) is 0 Å². The Morgan fingerprint density at radius 3 is 2.62 bits per heavy atom. The first-order valence-electron chi connectivity index (χ1n) is 7.59. The average molecular weight is 287 g/mol. The summed E-state index contributed by atoms with van der Waals surface area (Å²) in [4.78, 5) is 13.7. The molecule has 0 aliphatic carbocycles. The number of nitrogens with zero attached hydrogens (tertiary/aromatic N) is 1. The maximum atomic E-state index is 11.2. The molecule has 1 aliphatic rings. The number of hydrogen-bond acceptors (Lipinski definition) is 3. The van der Waals surface area contributed by atoms with Crippen molar-refractivity contribution in [1.82, 2.24) is 0 Å². The van der Waals surface area contributed by atoms with Crippen molar-refractivity contribution in [3.63, 3.8) is 0 Å². The number of unbranched alkanes of at least 4 members (excludes halogenated alkanes) is 1. The summed E-state index contributed by atoms with van der Waals surface area (Å²) in [5.74, 6) is 0.649. The third-order valence-electron chi connectivity index (χ3n) is 4.19. The number of rotatable bonds is 5. The smallest absolute Gasteiger partial charge is 0.153 e. The number of ether oxygens (including phenoxy) is 1. The Hall–Kier alpha value is -1.77. The number of carbonyl (C=O) groups is 1. The van der Waals surface area contributed by atoms with Crippen molar-refractivity contribution in [1.29, 1.82) is 0 Å². The van der Waals surface area contributed by atoms with Crippen molar-refractivity contribution in [3.05, 3.63) is 29.3 Å². The highest BCUT2D eigenvalue weighted by molar-refractivity contribution is 5.89. The van der Waals surface area contributed by atoms with E-state index in [-0.39, 0.29) is 5.54 Å². The lowest BCUT2D eigenvalue weighted by Gasteiger charge is -2.43. The largest absolute Gasteiger partial charge is 0.496 e. The summed E-state index contributed by atoms with van der Waals surface area (Å²) in [5, 5.41) is 0. The van der Waals surface area contributed by atoms with Gasteiger partial charge in [-0.25, -0.2) is 0 Å². The molecule has 0 aromatic heterocycles. The molecule has 114 valence electrons. The van der Waals surface area contributed by atoms with E-state index < -0.39 is 0 Å². The molecule has 0 spiro atoms. The van der Waals surface area contributed by atoms with Crippen LogP contribution in [0.15, 0.2) is 18.2 Å². The minimum absolute atomic E-state index is 0.0278. The minimum atomic E-state index is -0.0278. The third kappa shape index (κ3) is 2.82. The second kappa shape index (κ2) is 5.92. The van der Waals surface area contributed by atoms with Crippen molar-refractivity contribution >= 4 is 17.5 Å². The maximum Gasteiger partial charge on any atom is 0.153 e. The van der Waals surface area contributed by atoms with Gasteiger partial charge in [0.1, 0.15) is 5.75 Å². The van der Waals surface area contributed by atoms with Crippen LogP contribution in [0.5, 0.6) is 5.75 Å². The third-order valence-corrected chi connectivity index (χ3v) is 4.19. The monoisotopic (exact) mass is 287 g/mol. The number of benzene rings is 1. The first-order chi connectivity index (χ1) is 9.94. The highest BCUT2D eigenvalue weighted by atomic mass is 16.5. The predicted molar refractivity (Wildman–Crippen MR) is 88.4 cm³/mol. The van der Waals surface area contributed by atoms with Crippen LogP contribution < -0.4 is 9.64 Å². The van der Waals surface area contributed by atoms with E-state index in [0.29, 0.717) is 11.3 Å². The van der Waals surface area contributed by atoms with Crippen LogP contribution in [0, 0.1) is 0 Å². The molecule has 3 heteroatoms. The fraction of sp³-hybridized carbons (Fsp3) is 0.500. The Kier molecular flexibility index (Phi) is 4.40. The van der Waals surface area contributed by atoms with E-state index in [9.17, 15) is 4.79 Å². The normalized spacial score (nSPS) is 16.2. The van der Waals surface area contributed by atoms with Crippen LogP contribution >= 0.6 is 0 Å². The number of anilines is 1. The van der Waals surface area contributed by atoms with Crippen LogP contribution in [0.4, 0.5) is 5.69 Å². The summed E-state index contributed by atoms with van der Waals surface area (Å²) < 4.78 is 5.38. The summed E-state index contributed by atoms with van der Waals surface area (Å²) in [6.45, 7) is 9.78. The second-order valence-electron chi connectivity index (χ2n) is 6.22. The molecule has 1 aromatic carbocycles. The first kappa shape index (κ1) is 15.6. The number of hydrogen-bond donors (Lipinski definition) is 0. The molecular formula is C18H25NO2. The summed E-state index contributed by atoms with van der Waals surface area (Å²) in [6, 6.07) is 3.95. The Morgan fingerprint density at radius 1 is 1.33 bits per heavy atom. The zero-order chi connectivity index (χ0) is 15.6. The summed E-state index contributed by atoms with van der Waals surface area (Å²) in [6.07, 6.45) is 5.45. The van der Waals surface area contributed by atoms with Gasteiger partial charge in [0.05, 0.1) is 18.2 Å². The number of fused-ring (bicyclic) bond motifs is 1. The Labute approximate surface area is 127 Å².